The van der Waals surface area contributed by atoms with Gasteiger partial charge in [0.25, 0.3) is 0 Å². The Morgan fingerprint density at radius 3 is 2.80 bits per heavy atom. The van der Waals surface area contributed by atoms with Gasteiger partial charge in [-0.05, 0) is 0 Å². The molecule has 0 radical (unpaired) electrons. The van der Waals surface area contributed by atoms with Crippen LogP contribution in [-0.4, -0.2) is 39.6 Å². The first-order valence-corrected chi connectivity index (χ1v) is 6.10. The van der Waals surface area contributed by atoms with Gasteiger partial charge in [0, 0.05) is 0 Å². The molecule has 15 heavy (non-hydrogen) atoms. The molecule has 0 spiro atoms. The Balaban J connectivity index is 2.72. The summed E-state index contributed by atoms with van der Waals surface area (Å²) in [5.74, 6) is 0.197. The number of nitro benzene ring substituents is 1. The number of para-hydroxylation sites is 2. The van der Waals surface area contributed by atoms with Crippen molar-refractivity contribution in [2.45, 2.75) is 11.3 Å². The molecule has 0 aromatic heterocycles. The van der Waals surface area contributed by atoms with E-state index in [0.717, 1.165) is 0 Å². The molecule has 0 saturated carbocycles. The van der Waals surface area contributed by atoms with Crippen molar-refractivity contribution in [2.75, 3.05) is 6.61 Å². The molecule has 0 amide bonds. The zero-order valence-corrected chi connectivity index (χ0v) is 10.4. The van der Waals surface area contributed by atoms with Gasteiger partial charge in [-0.3, -0.25) is 0 Å². The van der Waals surface area contributed by atoms with Crippen molar-refractivity contribution < 1.29 is 14.8 Å². The molecule has 0 aliphatic carbocycles. The van der Waals surface area contributed by atoms with E-state index in [4.69, 9.17) is 4.74 Å². The van der Waals surface area contributed by atoms with Crippen LogP contribution in [0.25, 0.3) is 0 Å². The van der Waals surface area contributed by atoms with Crippen molar-refractivity contribution in [1.82, 2.24) is 0 Å². The number of aliphatic hydroxyl groups excluding tert-OH is 1. The molecular formula is C9H12AsNO4. The minimum atomic E-state index is -0.565. The van der Waals surface area contributed by atoms with Crippen LogP contribution in [0.2, 0.25) is 5.21 Å². The molecule has 0 fully saturated rings. The van der Waals surface area contributed by atoms with Crippen LogP contribution in [0.4, 0.5) is 5.69 Å². The number of benzene rings is 1. The molecule has 2 unspecified atom stereocenters. The van der Waals surface area contributed by atoms with Gasteiger partial charge < -0.3 is 0 Å². The van der Waals surface area contributed by atoms with E-state index in [2.05, 4.69) is 0 Å². The number of rotatable bonds is 5. The molecule has 0 aliphatic heterocycles. The normalized spacial score (nSPS) is 12.1. The summed E-state index contributed by atoms with van der Waals surface area (Å²) < 4.78 is 5.17. The maximum absolute atomic E-state index is 10.6. The Morgan fingerprint density at radius 1 is 1.53 bits per heavy atom. The number of nitrogens with zero attached hydrogens (tertiary/aromatic N) is 1. The molecule has 2 atom stereocenters. The molecule has 0 heterocycles. The SMILES string of the molecule is O=[N+]([O-])c1ccccc1OCC(O)C[AsH2]. The number of hydrogen-bond acceptors (Lipinski definition) is 4. The summed E-state index contributed by atoms with van der Waals surface area (Å²) in [6.45, 7) is 0.0864. The molecular weight excluding hydrogens is 261 g/mol. The summed E-state index contributed by atoms with van der Waals surface area (Å²) in [6, 6.07) is 6.12. The predicted molar refractivity (Wildman–Crippen MR) is 57.9 cm³/mol. The van der Waals surface area contributed by atoms with Gasteiger partial charge in [-0.25, -0.2) is 0 Å². The van der Waals surface area contributed by atoms with E-state index in [1.54, 1.807) is 12.1 Å². The topological polar surface area (TPSA) is 72.6 Å². The number of ether oxygens (including phenoxy) is 1. The molecule has 6 heteroatoms. The van der Waals surface area contributed by atoms with Crippen LogP contribution < -0.4 is 4.74 Å². The summed E-state index contributed by atoms with van der Waals surface area (Å²) in [5, 5.41) is 20.5. The summed E-state index contributed by atoms with van der Waals surface area (Å²) in [4.78, 5) is 10.1. The standard InChI is InChI=1S/C9H12AsNO4/c10-5-7(12)6-15-9-4-2-1-3-8(9)11(13)14/h1-4,7,12H,5-6,10H2. The van der Waals surface area contributed by atoms with Gasteiger partial charge in [0.1, 0.15) is 0 Å². The Labute approximate surface area is 95.7 Å². The summed E-state index contributed by atoms with van der Waals surface area (Å²) in [6.07, 6.45) is -0.565. The average Bonchev–Trinajstić information content (AvgIpc) is 2.26. The number of aliphatic hydroxyl groups is 1. The monoisotopic (exact) mass is 273 g/mol. The molecule has 0 aliphatic rings. The molecule has 1 N–H and O–H groups in total. The van der Waals surface area contributed by atoms with Crippen LogP contribution in [0.3, 0.4) is 0 Å². The van der Waals surface area contributed by atoms with Crippen molar-refractivity contribution in [3.05, 3.63) is 34.4 Å². The van der Waals surface area contributed by atoms with Crippen molar-refractivity contribution >= 4 is 22.5 Å². The van der Waals surface area contributed by atoms with Crippen LogP contribution in [0.5, 0.6) is 5.75 Å². The molecule has 1 rings (SSSR count). The fourth-order valence-corrected chi connectivity index (χ4v) is 1.27. The van der Waals surface area contributed by atoms with E-state index in [-0.39, 0.29) is 18.0 Å². The van der Waals surface area contributed by atoms with Gasteiger partial charge in [0.05, 0.1) is 0 Å². The van der Waals surface area contributed by atoms with Crippen molar-refractivity contribution in [2.24, 2.45) is 0 Å². The first kappa shape index (κ1) is 12.0. The third kappa shape index (κ3) is 3.53. The van der Waals surface area contributed by atoms with Crippen LogP contribution in [0.15, 0.2) is 24.3 Å². The van der Waals surface area contributed by atoms with Crippen LogP contribution in [0.1, 0.15) is 0 Å². The van der Waals surface area contributed by atoms with Crippen molar-refractivity contribution in [1.29, 1.82) is 0 Å². The first-order valence-electron chi connectivity index (χ1n) is 4.39. The molecule has 82 valence electrons. The quantitative estimate of drug-likeness (QED) is 0.478. The van der Waals surface area contributed by atoms with Gasteiger partial charge in [-0.1, -0.05) is 0 Å². The molecule has 0 bridgehead atoms. The Hall–Kier alpha value is -1.06. The van der Waals surface area contributed by atoms with E-state index < -0.39 is 11.0 Å². The molecule has 1 aromatic carbocycles. The number of nitro groups is 1. The van der Waals surface area contributed by atoms with E-state index >= 15 is 0 Å². The van der Waals surface area contributed by atoms with E-state index in [1.807, 2.05) is 0 Å². The molecule has 0 saturated heterocycles. The van der Waals surface area contributed by atoms with Gasteiger partial charge in [0.2, 0.25) is 0 Å². The second-order valence-electron chi connectivity index (χ2n) is 2.93. The van der Waals surface area contributed by atoms with Crippen LogP contribution >= 0.6 is 0 Å². The maximum atomic E-state index is 10.6. The summed E-state index contributed by atoms with van der Waals surface area (Å²) in [7, 11) is 0. The summed E-state index contributed by atoms with van der Waals surface area (Å²) in [5.41, 5.74) is -0.0775. The van der Waals surface area contributed by atoms with E-state index in [0.29, 0.717) is 5.21 Å². The van der Waals surface area contributed by atoms with Gasteiger partial charge in [-0.2, -0.15) is 0 Å². The van der Waals surface area contributed by atoms with Gasteiger partial charge in [-0.15, -0.1) is 0 Å². The van der Waals surface area contributed by atoms with Crippen LogP contribution in [-0.2, 0) is 0 Å². The Morgan fingerprint density at radius 2 is 2.20 bits per heavy atom. The predicted octanol–water partition coefficient (Wildman–Crippen LogP) is 0.386. The fourth-order valence-electron chi connectivity index (χ4n) is 0.984. The second-order valence-corrected chi connectivity index (χ2v) is 3.91. The Kier molecular flexibility index (Phi) is 4.59. The zero-order chi connectivity index (χ0) is 11.3. The van der Waals surface area contributed by atoms with Crippen molar-refractivity contribution in [3.8, 4) is 5.75 Å². The number of hydrogen-bond donors (Lipinski definition) is 1. The third-order valence-electron chi connectivity index (χ3n) is 1.77. The van der Waals surface area contributed by atoms with Crippen LogP contribution in [0, 0.1) is 10.1 Å². The molecule has 5 nitrogen and oxygen atoms in total. The zero-order valence-electron chi connectivity index (χ0n) is 8.00. The third-order valence-corrected chi connectivity index (χ3v) is 2.91. The van der Waals surface area contributed by atoms with E-state index in [9.17, 15) is 15.2 Å². The average molecular weight is 273 g/mol. The summed E-state index contributed by atoms with van der Waals surface area (Å²) >= 11 is 1.39. The van der Waals surface area contributed by atoms with Gasteiger partial charge in [0.15, 0.2) is 0 Å². The minimum absolute atomic E-state index is 0.0775. The molecule has 1 aromatic rings. The van der Waals surface area contributed by atoms with Crippen molar-refractivity contribution in [3.63, 3.8) is 0 Å². The van der Waals surface area contributed by atoms with E-state index in [1.165, 1.54) is 29.0 Å². The Bertz CT molecular complexity index is 345. The van der Waals surface area contributed by atoms with Gasteiger partial charge >= 0.3 is 95.4 Å². The first-order chi connectivity index (χ1) is 7.15. The fraction of sp³-hybridized carbons (Fsp3) is 0.333. The second kappa shape index (κ2) is 5.73.